The molecule has 0 aliphatic rings. The molecular formula is C13H22N4O. The van der Waals surface area contributed by atoms with Gasteiger partial charge in [-0.25, -0.2) is 4.98 Å². The van der Waals surface area contributed by atoms with E-state index in [4.69, 9.17) is 10.9 Å². The molecule has 0 amide bonds. The van der Waals surface area contributed by atoms with Gasteiger partial charge in [-0.3, -0.25) is 0 Å². The third-order valence-corrected chi connectivity index (χ3v) is 2.63. The molecule has 0 bridgehead atoms. The highest BCUT2D eigenvalue weighted by atomic mass is 16.4. The van der Waals surface area contributed by atoms with Crippen molar-refractivity contribution in [1.29, 1.82) is 0 Å². The van der Waals surface area contributed by atoms with Crippen molar-refractivity contribution >= 4 is 11.7 Å². The number of rotatable bonds is 5. The Morgan fingerprint density at radius 3 is 2.44 bits per heavy atom. The van der Waals surface area contributed by atoms with Crippen LogP contribution >= 0.6 is 0 Å². The molecule has 18 heavy (non-hydrogen) atoms. The number of anilines is 1. The zero-order chi connectivity index (χ0) is 13.7. The fourth-order valence-electron chi connectivity index (χ4n) is 1.73. The van der Waals surface area contributed by atoms with Crippen LogP contribution in [0, 0.1) is 5.92 Å². The molecule has 0 unspecified atom stereocenters. The first-order valence-electron chi connectivity index (χ1n) is 6.16. The van der Waals surface area contributed by atoms with Crippen LogP contribution in [0.3, 0.4) is 0 Å². The van der Waals surface area contributed by atoms with Crippen molar-refractivity contribution in [3.63, 3.8) is 0 Å². The van der Waals surface area contributed by atoms with Gasteiger partial charge in [-0.2, -0.15) is 0 Å². The molecule has 1 heterocycles. The molecule has 0 atom stereocenters. The second kappa shape index (κ2) is 6.23. The molecule has 0 fully saturated rings. The quantitative estimate of drug-likeness (QED) is 0.363. The van der Waals surface area contributed by atoms with Crippen molar-refractivity contribution < 1.29 is 5.21 Å². The second-order valence-electron chi connectivity index (χ2n) is 5.03. The van der Waals surface area contributed by atoms with Crippen LogP contribution in [0.1, 0.15) is 33.3 Å². The van der Waals surface area contributed by atoms with Crippen LogP contribution in [0.15, 0.2) is 23.5 Å². The lowest BCUT2D eigenvalue weighted by Gasteiger charge is -2.29. The maximum Gasteiger partial charge on any atom is 0.171 e. The summed E-state index contributed by atoms with van der Waals surface area (Å²) in [5, 5.41) is 11.6. The van der Waals surface area contributed by atoms with E-state index in [9.17, 15) is 0 Å². The molecule has 1 aromatic rings. The van der Waals surface area contributed by atoms with E-state index in [1.165, 1.54) is 0 Å². The minimum Gasteiger partial charge on any atom is -0.409 e. The molecule has 0 saturated heterocycles. The molecule has 0 spiro atoms. The van der Waals surface area contributed by atoms with Gasteiger partial charge in [0, 0.05) is 24.3 Å². The maximum atomic E-state index is 8.60. The maximum absolute atomic E-state index is 8.60. The molecule has 0 saturated carbocycles. The molecule has 3 N–H and O–H groups in total. The highest BCUT2D eigenvalue weighted by Gasteiger charge is 2.13. The van der Waals surface area contributed by atoms with Crippen LogP contribution in [-0.2, 0) is 0 Å². The summed E-state index contributed by atoms with van der Waals surface area (Å²) in [7, 11) is 0. The summed E-state index contributed by atoms with van der Waals surface area (Å²) in [4.78, 5) is 6.61. The smallest absolute Gasteiger partial charge is 0.171 e. The molecule has 5 heteroatoms. The first-order chi connectivity index (χ1) is 8.45. The van der Waals surface area contributed by atoms with Crippen molar-refractivity contribution in [1.82, 2.24) is 4.98 Å². The Kier molecular flexibility index (Phi) is 4.95. The highest BCUT2D eigenvalue weighted by Crippen LogP contribution is 2.16. The number of aromatic nitrogens is 1. The largest absolute Gasteiger partial charge is 0.409 e. The van der Waals surface area contributed by atoms with Crippen LogP contribution in [-0.4, -0.2) is 28.6 Å². The number of nitrogens with two attached hydrogens (primary N) is 1. The summed E-state index contributed by atoms with van der Waals surface area (Å²) in [6.07, 6.45) is 1.63. The van der Waals surface area contributed by atoms with Crippen LogP contribution < -0.4 is 10.6 Å². The molecule has 5 nitrogen and oxygen atoms in total. The number of hydrogen-bond acceptors (Lipinski definition) is 4. The van der Waals surface area contributed by atoms with E-state index in [0.717, 1.165) is 12.4 Å². The molecule has 1 rings (SSSR count). The number of hydrogen-bond donors (Lipinski definition) is 2. The van der Waals surface area contributed by atoms with Gasteiger partial charge in [-0.15, -0.1) is 0 Å². The first-order valence-corrected chi connectivity index (χ1v) is 6.16. The molecular weight excluding hydrogens is 228 g/mol. The number of amidine groups is 1. The van der Waals surface area contributed by atoms with E-state index in [-0.39, 0.29) is 5.84 Å². The lowest BCUT2D eigenvalue weighted by Crippen LogP contribution is -2.34. The van der Waals surface area contributed by atoms with Gasteiger partial charge >= 0.3 is 0 Å². The number of pyridine rings is 1. The fourth-order valence-corrected chi connectivity index (χ4v) is 1.73. The highest BCUT2D eigenvalue weighted by molar-refractivity contribution is 5.96. The third-order valence-electron chi connectivity index (χ3n) is 2.63. The fraction of sp³-hybridized carbons (Fsp3) is 0.538. The Morgan fingerprint density at radius 2 is 2.06 bits per heavy atom. The number of oxime groups is 1. The van der Waals surface area contributed by atoms with Gasteiger partial charge in [-0.1, -0.05) is 19.0 Å². The molecule has 0 aliphatic heterocycles. The Morgan fingerprint density at radius 1 is 1.39 bits per heavy atom. The lowest BCUT2D eigenvalue weighted by molar-refractivity contribution is 0.318. The van der Waals surface area contributed by atoms with Gasteiger partial charge in [0.2, 0.25) is 0 Å². The van der Waals surface area contributed by atoms with E-state index in [2.05, 4.69) is 42.7 Å². The molecule has 100 valence electrons. The van der Waals surface area contributed by atoms with Gasteiger partial charge in [0.05, 0.1) is 0 Å². The standard InChI is InChI=1S/C13H22N4O/c1-9(2)8-17(10(3)4)12-6-5-11(7-15-12)13(14)16-18/h5-7,9-10,18H,8H2,1-4H3,(H2,14,16). The normalized spacial score (nSPS) is 12.2. The minimum atomic E-state index is 0.0778. The van der Waals surface area contributed by atoms with Crippen LogP contribution in [0.4, 0.5) is 5.82 Å². The summed E-state index contributed by atoms with van der Waals surface area (Å²) in [5.41, 5.74) is 6.13. The Labute approximate surface area is 108 Å². The summed E-state index contributed by atoms with van der Waals surface area (Å²) >= 11 is 0. The van der Waals surface area contributed by atoms with E-state index in [0.29, 0.717) is 17.5 Å². The van der Waals surface area contributed by atoms with Crippen molar-refractivity contribution in [2.45, 2.75) is 33.7 Å². The topological polar surface area (TPSA) is 74.7 Å². The average Bonchev–Trinajstić information content (AvgIpc) is 2.34. The lowest BCUT2D eigenvalue weighted by atomic mass is 10.1. The van der Waals surface area contributed by atoms with Gasteiger partial charge < -0.3 is 15.8 Å². The Bertz CT molecular complexity index is 398. The van der Waals surface area contributed by atoms with E-state index in [1.807, 2.05) is 12.1 Å². The van der Waals surface area contributed by atoms with E-state index in [1.54, 1.807) is 6.20 Å². The SMILES string of the molecule is CC(C)CN(c1ccc(C(N)=NO)cn1)C(C)C. The number of nitrogens with zero attached hydrogens (tertiary/aromatic N) is 3. The van der Waals surface area contributed by atoms with E-state index < -0.39 is 0 Å². The first kappa shape index (κ1) is 14.3. The minimum absolute atomic E-state index is 0.0778. The summed E-state index contributed by atoms with van der Waals surface area (Å²) in [6.45, 7) is 9.59. The van der Waals surface area contributed by atoms with Crippen LogP contribution in [0.5, 0.6) is 0 Å². The predicted molar refractivity (Wildman–Crippen MR) is 74.1 cm³/mol. The van der Waals surface area contributed by atoms with Gasteiger partial charge in [0.1, 0.15) is 5.82 Å². The Balaban J connectivity index is 2.94. The van der Waals surface area contributed by atoms with Gasteiger partial charge in [0.15, 0.2) is 5.84 Å². The second-order valence-corrected chi connectivity index (χ2v) is 5.03. The Hall–Kier alpha value is -1.78. The van der Waals surface area contributed by atoms with Crippen LogP contribution in [0.25, 0.3) is 0 Å². The summed E-state index contributed by atoms with van der Waals surface area (Å²) in [6, 6.07) is 4.10. The van der Waals surface area contributed by atoms with E-state index >= 15 is 0 Å². The van der Waals surface area contributed by atoms with Gasteiger partial charge in [-0.05, 0) is 31.9 Å². The third kappa shape index (κ3) is 3.61. The monoisotopic (exact) mass is 250 g/mol. The van der Waals surface area contributed by atoms with Crippen molar-refractivity contribution in [3.8, 4) is 0 Å². The average molecular weight is 250 g/mol. The molecule has 0 aromatic carbocycles. The molecule has 1 aromatic heterocycles. The van der Waals surface area contributed by atoms with Crippen LogP contribution in [0.2, 0.25) is 0 Å². The van der Waals surface area contributed by atoms with Crippen molar-refractivity contribution in [2.24, 2.45) is 16.8 Å². The zero-order valence-electron chi connectivity index (χ0n) is 11.5. The predicted octanol–water partition coefficient (Wildman–Crippen LogP) is 2.05. The molecule has 0 radical (unpaired) electrons. The zero-order valence-corrected chi connectivity index (χ0v) is 11.5. The van der Waals surface area contributed by atoms with Crippen molar-refractivity contribution in [3.05, 3.63) is 23.9 Å². The summed E-state index contributed by atoms with van der Waals surface area (Å²) < 4.78 is 0. The van der Waals surface area contributed by atoms with Crippen molar-refractivity contribution in [2.75, 3.05) is 11.4 Å². The molecule has 0 aliphatic carbocycles. The summed E-state index contributed by atoms with van der Waals surface area (Å²) in [5.74, 6) is 1.56. The van der Waals surface area contributed by atoms with Gasteiger partial charge in [0.25, 0.3) is 0 Å².